The highest BCUT2D eigenvalue weighted by atomic mass is 32.2. The number of hydrogen-bond donors (Lipinski definition) is 3. The molecule has 3 N–H and O–H groups in total. The second-order valence-electron chi connectivity index (χ2n) is 5.92. The molecule has 2 aliphatic rings. The largest absolute Gasteiger partial charge is 0.477 e. The van der Waals surface area contributed by atoms with Crippen LogP contribution < -0.4 is 10.6 Å². The van der Waals surface area contributed by atoms with Crippen LogP contribution in [0.25, 0.3) is 0 Å². The fourth-order valence-corrected chi connectivity index (χ4v) is 5.00. The number of nitrogens with zero attached hydrogens (tertiary/aromatic N) is 3. The van der Waals surface area contributed by atoms with Crippen molar-refractivity contribution < 1.29 is 23.9 Å². The fourth-order valence-electron chi connectivity index (χ4n) is 2.71. The van der Waals surface area contributed by atoms with Gasteiger partial charge < -0.3 is 20.2 Å². The molecule has 0 spiro atoms. The maximum absolute atomic E-state index is 12.5. The van der Waals surface area contributed by atoms with Gasteiger partial charge in [-0.15, -0.1) is 22.0 Å². The summed E-state index contributed by atoms with van der Waals surface area (Å²) < 4.78 is 5.28. The Morgan fingerprint density at radius 3 is 2.85 bits per heavy atom. The van der Waals surface area contributed by atoms with Gasteiger partial charge in [-0.1, -0.05) is 18.7 Å². The second kappa shape index (κ2) is 8.21. The van der Waals surface area contributed by atoms with Crippen LogP contribution in [0.15, 0.2) is 20.9 Å². The molecule has 3 heterocycles. The maximum Gasteiger partial charge on any atom is 0.352 e. The number of carbonyl (C=O) groups excluding carboxylic acids is 2. The van der Waals surface area contributed by atoms with Gasteiger partial charge in [-0.05, 0) is 12.0 Å². The Kier molecular flexibility index (Phi) is 5.95. The Hall–Kier alpha value is -2.21. The molecule has 1 aromatic heterocycles. The summed E-state index contributed by atoms with van der Waals surface area (Å²) in [7, 11) is 0. The number of aromatic nitrogens is 2. The van der Waals surface area contributed by atoms with Crippen molar-refractivity contribution in [1.82, 2.24) is 25.7 Å². The standard InChI is InChI=1S/C15H19N5O5S2/c1-3-4-16-14(24)17-9-11(21)20-10(13(22)23)8(5-26-12(9)20)6-27-15-19-18-7(2)25-15/h9,12H,3-6H2,1-2H3,(H,22,23)(H2,16,17,24)/t9?,12-/m1/s1. The summed E-state index contributed by atoms with van der Waals surface area (Å²) in [5.41, 5.74) is 0.575. The molecule has 1 unspecified atom stereocenters. The number of nitrogens with one attached hydrogen (secondary N) is 2. The summed E-state index contributed by atoms with van der Waals surface area (Å²) in [6, 6.07) is -1.15. The normalized spacial score (nSPS) is 21.6. The summed E-state index contributed by atoms with van der Waals surface area (Å²) in [5, 5.41) is 22.4. The van der Waals surface area contributed by atoms with E-state index in [0.29, 0.717) is 34.7 Å². The Morgan fingerprint density at radius 1 is 1.44 bits per heavy atom. The number of amides is 3. The van der Waals surface area contributed by atoms with Crippen LogP contribution in [-0.2, 0) is 9.59 Å². The topological polar surface area (TPSA) is 138 Å². The monoisotopic (exact) mass is 413 g/mol. The number of aliphatic carboxylic acids is 1. The number of fused-ring (bicyclic) bond motifs is 1. The molecular formula is C15H19N5O5S2. The Morgan fingerprint density at radius 2 is 2.22 bits per heavy atom. The van der Waals surface area contributed by atoms with Gasteiger partial charge >= 0.3 is 12.0 Å². The number of carbonyl (C=O) groups is 3. The molecule has 12 heteroatoms. The highest BCUT2D eigenvalue weighted by Crippen LogP contribution is 2.41. The van der Waals surface area contributed by atoms with Crippen molar-refractivity contribution in [2.75, 3.05) is 18.1 Å². The number of carboxylic acids is 1. The van der Waals surface area contributed by atoms with Crippen LogP contribution in [0, 0.1) is 6.92 Å². The average Bonchev–Trinajstić information content (AvgIpc) is 3.06. The molecule has 0 aliphatic carbocycles. The molecule has 0 bridgehead atoms. The van der Waals surface area contributed by atoms with Gasteiger partial charge in [-0.25, -0.2) is 9.59 Å². The quantitative estimate of drug-likeness (QED) is 0.438. The van der Waals surface area contributed by atoms with Crippen LogP contribution in [0.2, 0.25) is 0 Å². The first-order valence-corrected chi connectivity index (χ1v) is 10.3. The van der Waals surface area contributed by atoms with Crippen LogP contribution in [0.3, 0.4) is 0 Å². The van der Waals surface area contributed by atoms with Crippen molar-refractivity contribution in [2.45, 2.75) is 36.9 Å². The van der Waals surface area contributed by atoms with E-state index in [0.717, 1.165) is 6.42 Å². The lowest BCUT2D eigenvalue weighted by molar-refractivity contribution is -0.148. The predicted molar refractivity (Wildman–Crippen MR) is 98.1 cm³/mol. The van der Waals surface area contributed by atoms with Crippen molar-refractivity contribution in [3.8, 4) is 0 Å². The van der Waals surface area contributed by atoms with Gasteiger partial charge in [0.1, 0.15) is 17.1 Å². The Bertz CT molecular complexity index is 795. The van der Waals surface area contributed by atoms with E-state index in [1.54, 1.807) is 6.92 Å². The molecule has 0 aromatic carbocycles. The molecule has 1 fully saturated rings. The third-order valence-electron chi connectivity index (χ3n) is 3.95. The number of thioether (sulfide) groups is 2. The van der Waals surface area contributed by atoms with Gasteiger partial charge in [0, 0.05) is 25.0 Å². The van der Waals surface area contributed by atoms with E-state index in [2.05, 4.69) is 20.8 Å². The van der Waals surface area contributed by atoms with Crippen molar-refractivity contribution in [3.05, 3.63) is 17.2 Å². The van der Waals surface area contributed by atoms with Gasteiger partial charge in [-0.3, -0.25) is 9.69 Å². The fraction of sp³-hybridized carbons (Fsp3) is 0.533. The van der Waals surface area contributed by atoms with Crippen molar-refractivity contribution in [3.63, 3.8) is 0 Å². The Labute approximate surface area is 163 Å². The minimum Gasteiger partial charge on any atom is -0.477 e. The first-order chi connectivity index (χ1) is 12.9. The van der Waals surface area contributed by atoms with E-state index in [1.165, 1.54) is 28.4 Å². The SMILES string of the molecule is CCCNC(=O)NC1C(=O)N2C(C(=O)O)=C(CSc3nnc(C)o3)CS[C@H]12. The van der Waals surface area contributed by atoms with Crippen molar-refractivity contribution in [2.24, 2.45) is 0 Å². The minimum absolute atomic E-state index is 0.0282. The number of aryl methyl sites for hydroxylation is 1. The minimum atomic E-state index is -1.17. The number of urea groups is 1. The third kappa shape index (κ3) is 4.05. The smallest absolute Gasteiger partial charge is 0.352 e. The molecule has 3 rings (SSSR count). The predicted octanol–water partition coefficient (Wildman–Crippen LogP) is 0.802. The first-order valence-electron chi connectivity index (χ1n) is 8.29. The Balaban J connectivity index is 1.69. The molecule has 2 atom stereocenters. The zero-order valence-electron chi connectivity index (χ0n) is 14.7. The van der Waals surface area contributed by atoms with Gasteiger partial charge in [0.2, 0.25) is 5.89 Å². The highest BCUT2D eigenvalue weighted by molar-refractivity contribution is 8.01. The maximum atomic E-state index is 12.5. The van der Waals surface area contributed by atoms with E-state index < -0.39 is 29.3 Å². The molecule has 27 heavy (non-hydrogen) atoms. The molecule has 3 amide bonds. The van der Waals surface area contributed by atoms with Gasteiger partial charge in [-0.2, -0.15) is 0 Å². The van der Waals surface area contributed by atoms with Crippen molar-refractivity contribution >= 4 is 41.4 Å². The first kappa shape index (κ1) is 19.5. The van der Waals surface area contributed by atoms with Gasteiger partial charge in [0.15, 0.2) is 0 Å². The zero-order valence-corrected chi connectivity index (χ0v) is 16.4. The van der Waals surface area contributed by atoms with Gasteiger partial charge in [0.05, 0.1) is 0 Å². The molecule has 2 aliphatic heterocycles. The van der Waals surface area contributed by atoms with Crippen LogP contribution in [0.1, 0.15) is 19.2 Å². The summed E-state index contributed by atoms with van der Waals surface area (Å²) in [5.74, 6) is -0.407. The second-order valence-corrected chi connectivity index (χ2v) is 7.95. The highest BCUT2D eigenvalue weighted by Gasteiger charge is 2.54. The lowest BCUT2D eigenvalue weighted by Gasteiger charge is -2.49. The number of carboxylic acid groups (broad SMARTS) is 1. The molecule has 0 radical (unpaired) electrons. The van der Waals surface area contributed by atoms with E-state index in [1.807, 2.05) is 6.92 Å². The average molecular weight is 413 g/mol. The molecule has 1 aromatic rings. The van der Waals surface area contributed by atoms with Gasteiger partial charge in [0.25, 0.3) is 11.1 Å². The molecule has 0 saturated carbocycles. The van der Waals surface area contributed by atoms with Crippen molar-refractivity contribution in [1.29, 1.82) is 0 Å². The lowest BCUT2D eigenvalue weighted by Crippen LogP contribution is -2.71. The lowest BCUT2D eigenvalue weighted by atomic mass is 10.0. The number of β-lactam (4-membered cyclic amide) rings is 1. The van der Waals surface area contributed by atoms with Crippen LogP contribution in [-0.4, -0.2) is 67.6 Å². The number of rotatable bonds is 7. The van der Waals surface area contributed by atoms with E-state index in [-0.39, 0.29) is 5.70 Å². The third-order valence-corrected chi connectivity index (χ3v) is 6.19. The van der Waals surface area contributed by atoms with E-state index >= 15 is 0 Å². The van der Waals surface area contributed by atoms with E-state index in [4.69, 9.17) is 4.42 Å². The molecule has 1 saturated heterocycles. The summed E-state index contributed by atoms with van der Waals surface area (Å²) >= 11 is 2.65. The van der Waals surface area contributed by atoms with Crippen LogP contribution in [0.5, 0.6) is 0 Å². The summed E-state index contributed by atoms with van der Waals surface area (Å²) in [6.45, 7) is 4.10. The van der Waals surface area contributed by atoms with E-state index in [9.17, 15) is 19.5 Å². The number of hydrogen-bond acceptors (Lipinski definition) is 8. The van der Waals surface area contributed by atoms with Crippen LogP contribution in [0.4, 0.5) is 4.79 Å². The summed E-state index contributed by atoms with van der Waals surface area (Å²) in [6.07, 6.45) is 0.781. The molecule has 10 nitrogen and oxygen atoms in total. The zero-order chi connectivity index (χ0) is 19.6. The summed E-state index contributed by atoms with van der Waals surface area (Å²) in [4.78, 5) is 37.3. The van der Waals surface area contributed by atoms with Crippen LogP contribution >= 0.6 is 23.5 Å². The molecular weight excluding hydrogens is 394 g/mol. The molecule has 146 valence electrons.